The van der Waals surface area contributed by atoms with Gasteiger partial charge in [-0.1, -0.05) is 18.2 Å². The van der Waals surface area contributed by atoms with Gasteiger partial charge in [0.1, 0.15) is 17.8 Å². The summed E-state index contributed by atoms with van der Waals surface area (Å²) < 4.78 is 7.17. The van der Waals surface area contributed by atoms with Gasteiger partial charge in [-0.15, -0.1) is 0 Å². The van der Waals surface area contributed by atoms with Gasteiger partial charge in [0.25, 0.3) is 0 Å². The quantitative estimate of drug-likeness (QED) is 0.767. The first kappa shape index (κ1) is 14.2. The molecule has 0 saturated carbocycles. The number of nitrogen functional groups attached to an aromatic ring is 1. The molecule has 118 valence electrons. The van der Waals surface area contributed by atoms with Crippen molar-refractivity contribution in [3.63, 3.8) is 0 Å². The molecule has 4 rings (SSSR count). The minimum atomic E-state index is 0.472. The number of nitrogens with zero attached hydrogens (tertiary/aromatic N) is 3. The number of nitrogens with one attached hydrogen (secondary N) is 1. The summed E-state index contributed by atoms with van der Waals surface area (Å²) >= 11 is 0. The van der Waals surface area contributed by atoms with Crippen LogP contribution in [0.1, 0.15) is 5.56 Å². The van der Waals surface area contributed by atoms with Gasteiger partial charge in [0, 0.05) is 25.4 Å². The Labute approximate surface area is 134 Å². The molecular weight excluding hydrogens is 290 g/mol. The molecule has 6 nitrogen and oxygen atoms in total. The first-order chi connectivity index (χ1) is 11.2. The molecule has 6 heteroatoms. The Balaban J connectivity index is 1.70. The third kappa shape index (κ3) is 2.56. The lowest BCUT2D eigenvalue weighted by Gasteiger charge is -2.27. The third-order valence-corrected chi connectivity index (χ3v) is 4.25. The highest BCUT2D eigenvalue weighted by atomic mass is 16.5. The molecule has 0 radical (unpaired) electrons. The van der Waals surface area contributed by atoms with E-state index in [2.05, 4.69) is 45.7 Å². The Bertz CT molecular complexity index is 853. The zero-order valence-electron chi connectivity index (χ0n) is 13.0. The van der Waals surface area contributed by atoms with Gasteiger partial charge < -0.3 is 20.4 Å². The Morgan fingerprint density at radius 3 is 3.00 bits per heavy atom. The lowest BCUT2D eigenvalue weighted by Crippen LogP contribution is -2.45. The Hall–Kier alpha value is -2.44. The molecule has 1 aliphatic rings. The molecule has 0 spiro atoms. The van der Waals surface area contributed by atoms with Crippen LogP contribution in [0.3, 0.4) is 0 Å². The number of nitrogens with two attached hydrogens (primary N) is 1. The highest BCUT2D eigenvalue weighted by Gasteiger charge is 2.17. The topological polar surface area (TPSA) is 78.0 Å². The van der Waals surface area contributed by atoms with Crippen LogP contribution in [-0.4, -0.2) is 33.8 Å². The lowest BCUT2D eigenvalue weighted by atomic mass is 10.0. The van der Waals surface area contributed by atoms with E-state index in [1.165, 1.54) is 11.9 Å². The van der Waals surface area contributed by atoms with E-state index < -0.39 is 0 Å². The van der Waals surface area contributed by atoms with Gasteiger partial charge in [-0.25, -0.2) is 9.97 Å². The SMILES string of the molecule is Cn1cc(-c2cccc(CNC3COC3)c2)c2c(N)ncnc21. The Kier molecular flexibility index (Phi) is 3.48. The van der Waals surface area contributed by atoms with Crippen LogP contribution in [0.4, 0.5) is 5.82 Å². The maximum absolute atomic E-state index is 6.08. The second-order valence-electron chi connectivity index (χ2n) is 5.93. The molecule has 0 aliphatic carbocycles. The number of rotatable bonds is 4. The maximum Gasteiger partial charge on any atom is 0.145 e. The van der Waals surface area contributed by atoms with Crippen molar-refractivity contribution in [3.05, 3.63) is 42.4 Å². The highest BCUT2D eigenvalue weighted by Crippen LogP contribution is 2.32. The zero-order chi connectivity index (χ0) is 15.8. The third-order valence-electron chi connectivity index (χ3n) is 4.25. The molecule has 23 heavy (non-hydrogen) atoms. The Morgan fingerprint density at radius 1 is 1.35 bits per heavy atom. The summed E-state index contributed by atoms with van der Waals surface area (Å²) in [4.78, 5) is 8.47. The van der Waals surface area contributed by atoms with Crippen molar-refractivity contribution < 1.29 is 4.74 Å². The molecule has 1 saturated heterocycles. The van der Waals surface area contributed by atoms with Crippen LogP contribution in [0, 0.1) is 0 Å². The summed E-state index contributed by atoms with van der Waals surface area (Å²) in [5, 5.41) is 4.40. The van der Waals surface area contributed by atoms with Crippen LogP contribution < -0.4 is 11.1 Å². The fourth-order valence-electron chi connectivity index (χ4n) is 2.92. The molecule has 1 aliphatic heterocycles. The van der Waals surface area contributed by atoms with E-state index >= 15 is 0 Å². The Morgan fingerprint density at radius 2 is 2.22 bits per heavy atom. The number of ether oxygens (including phenoxy) is 1. The summed E-state index contributed by atoms with van der Waals surface area (Å²) in [6.07, 6.45) is 3.56. The van der Waals surface area contributed by atoms with Gasteiger partial charge in [0.2, 0.25) is 0 Å². The van der Waals surface area contributed by atoms with Gasteiger partial charge in [0.05, 0.1) is 24.6 Å². The molecule has 1 fully saturated rings. The monoisotopic (exact) mass is 309 g/mol. The van der Waals surface area contributed by atoms with Crippen molar-refractivity contribution in [2.75, 3.05) is 18.9 Å². The molecule has 3 heterocycles. The largest absolute Gasteiger partial charge is 0.383 e. The normalized spacial score (nSPS) is 15.0. The van der Waals surface area contributed by atoms with Crippen molar-refractivity contribution in [1.82, 2.24) is 19.9 Å². The summed E-state index contributed by atoms with van der Waals surface area (Å²) in [7, 11) is 1.97. The van der Waals surface area contributed by atoms with Crippen LogP contribution in [0.15, 0.2) is 36.8 Å². The zero-order valence-corrected chi connectivity index (χ0v) is 13.0. The molecule has 3 N–H and O–H groups in total. The van der Waals surface area contributed by atoms with Gasteiger partial charge >= 0.3 is 0 Å². The summed E-state index contributed by atoms with van der Waals surface area (Å²) in [6, 6.07) is 8.95. The number of hydrogen-bond acceptors (Lipinski definition) is 5. The second-order valence-corrected chi connectivity index (χ2v) is 5.93. The lowest BCUT2D eigenvalue weighted by molar-refractivity contribution is -0.00578. The average molecular weight is 309 g/mol. The standard InChI is InChI=1S/C17H19N5O/c1-22-7-14(15-16(18)20-10-21-17(15)22)12-4-2-3-11(5-12)6-19-13-8-23-9-13/h2-5,7,10,13,19H,6,8-9H2,1H3,(H2,18,20,21). The van der Waals surface area contributed by atoms with E-state index in [-0.39, 0.29) is 0 Å². The van der Waals surface area contributed by atoms with Crippen molar-refractivity contribution in [3.8, 4) is 11.1 Å². The van der Waals surface area contributed by atoms with E-state index in [4.69, 9.17) is 10.5 Å². The molecule has 0 amide bonds. The van der Waals surface area contributed by atoms with Crippen LogP contribution in [0.2, 0.25) is 0 Å². The van der Waals surface area contributed by atoms with Crippen molar-refractivity contribution in [2.24, 2.45) is 7.05 Å². The molecule has 3 aromatic rings. The first-order valence-corrected chi connectivity index (χ1v) is 7.68. The fraction of sp³-hybridized carbons (Fsp3) is 0.294. The number of hydrogen-bond donors (Lipinski definition) is 2. The van der Waals surface area contributed by atoms with Gasteiger partial charge in [0.15, 0.2) is 0 Å². The number of fused-ring (bicyclic) bond motifs is 1. The smallest absolute Gasteiger partial charge is 0.145 e. The minimum absolute atomic E-state index is 0.472. The van der Waals surface area contributed by atoms with Gasteiger partial charge in [-0.05, 0) is 17.2 Å². The summed E-state index contributed by atoms with van der Waals surface area (Å²) in [5.74, 6) is 0.515. The van der Waals surface area contributed by atoms with E-state index in [1.807, 2.05) is 11.6 Å². The molecule has 2 aromatic heterocycles. The maximum atomic E-state index is 6.08. The van der Waals surface area contributed by atoms with E-state index in [0.717, 1.165) is 41.9 Å². The van der Waals surface area contributed by atoms with Crippen LogP contribution in [0.5, 0.6) is 0 Å². The van der Waals surface area contributed by atoms with E-state index in [1.54, 1.807) is 0 Å². The molecule has 0 atom stereocenters. The number of anilines is 1. The summed E-state index contributed by atoms with van der Waals surface area (Å²) in [5.41, 5.74) is 10.4. The van der Waals surface area contributed by atoms with Crippen LogP contribution >= 0.6 is 0 Å². The van der Waals surface area contributed by atoms with Crippen LogP contribution in [-0.2, 0) is 18.3 Å². The average Bonchev–Trinajstić information content (AvgIpc) is 2.85. The number of benzene rings is 1. The van der Waals surface area contributed by atoms with Crippen molar-refractivity contribution in [2.45, 2.75) is 12.6 Å². The van der Waals surface area contributed by atoms with Crippen molar-refractivity contribution >= 4 is 16.9 Å². The number of aryl methyl sites for hydroxylation is 1. The van der Waals surface area contributed by atoms with E-state index in [0.29, 0.717) is 11.9 Å². The fourth-order valence-corrected chi connectivity index (χ4v) is 2.92. The van der Waals surface area contributed by atoms with E-state index in [9.17, 15) is 0 Å². The van der Waals surface area contributed by atoms with Crippen molar-refractivity contribution in [1.29, 1.82) is 0 Å². The van der Waals surface area contributed by atoms with Gasteiger partial charge in [-0.2, -0.15) is 0 Å². The predicted octanol–water partition coefficient (Wildman–Crippen LogP) is 1.71. The molecule has 0 bridgehead atoms. The molecule has 1 aromatic carbocycles. The predicted molar refractivity (Wildman–Crippen MR) is 89.8 cm³/mol. The summed E-state index contributed by atoms with van der Waals surface area (Å²) in [6.45, 7) is 2.44. The van der Waals surface area contributed by atoms with Gasteiger partial charge in [-0.3, -0.25) is 0 Å². The number of aromatic nitrogens is 3. The molecular formula is C17H19N5O. The second kappa shape index (κ2) is 5.64. The highest BCUT2D eigenvalue weighted by molar-refractivity contribution is 6.00. The van der Waals surface area contributed by atoms with Crippen LogP contribution in [0.25, 0.3) is 22.2 Å². The molecule has 0 unspecified atom stereocenters. The first-order valence-electron chi connectivity index (χ1n) is 7.68. The minimum Gasteiger partial charge on any atom is -0.383 e.